The number of piperidine rings is 2. The smallest absolute Gasteiger partial charge is 0.341 e. The summed E-state index contributed by atoms with van der Waals surface area (Å²) in [7, 11) is 0. The van der Waals surface area contributed by atoms with Crippen LogP contribution in [-0.4, -0.2) is 32.1 Å². The van der Waals surface area contributed by atoms with Gasteiger partial charge in [-0.1, -0.05) is 130 Å². The maximum Gasteiger partial charge on any atom is 0.341 e. The van der Waals surface area contributed by atoms with Crippen LogP contribution in [0.5, 0.6) is 0 Å². The fraction of sp³-hybridized carbons (Fsp3) is 0.271. The number of benzene rings is 5. The topological polar surface area (TPSA) is 32.8 Å². The Bertz CT molecular complexity index is 2180. The first kappa shape index (κ1) is 38.7. The molecule has 56 heavy (non-hydrogen) atoms. The molecule has 3 aliphatic heterocycles. The van der Waals surface area contributed by atoms with Crippen molar-refractivity contribution in [2.24, 2.45) is 0 Å². The Morgan fingerprint density at radius 3 is 1.27 bits per heavy atom. The summed E-state index contributed by atoms with van der Waals surface area (Å²) in [4.78, 5) is 19.1. The van der Waals surface area contributed by atoms with Gasteiger partial charge in [0.05, 0.1) is 25.7 Å². The summed E-state index contributed by atoms with van der Waals surface area (Å²) in [6.45, 7) is 8.32. The molecule has 5 aromatic carbocycles. The van der Waals surface area contributed by atoms with Crippen LogP contribution in [0.2, 0.25) is 20.1 Å². The average molecular weight is 823 g/mol. The van der Waals surface area contributed by atoms with Gasteiger partial charge in [-0.25, -0.2) is 4.79 Å². The second kappa shape index (κ2) is 16.3. The van der Waals surface area contributed by atoms with Gasteiger partial charge in [-0.15, -0.1) is 0 Å². The number of carbonyl (C=O) groups is 1. The predicted molar refractivity (Wildman–Crippen MR) is 235 cm³/mol. The predicted octanol–water partition coefficient (Wildman–Crippen LogP) is 13.5. The fourth-order valence-electron chi connectivity index (χ4n) is 8.26. The number of fused-ring (bicyclic) bond motifs is 1. The SMILES string of the molecule is Cc1ccc(/C(=C\C2(/C=C(\c3ccc(C)cc3)c3ccc(N4CCCCC4)cc3)OC(=O)c3c(Cl)c(Cl)c(Cl)c(Cl)c32)c2ccc(N3CCCCC3)cc2)cc1. The van der Waals surface area contributed by atoms with E-state index in [1.165, 1.54) is 49.9 Å². The Hall–Kier alpha value is -4.19. The first-order chi connectivity index (χ1) is 27.1. The zero-order chi connectivity index (χ0) is 39.0. The van der Waals surface area contributed by atoms with Gasteiger partial charge in [0, 0.05) is 43.1 Å². The molecule has 0 spiro atoms. The van der Waals surface area contributed by atoms with E-state index in [9.17, 15) is 4.79 Å². The van der Waals surface area contributed by atoms with Gasteiger partial charge in [-0.05, 0) is 122 Å². The summed E-state index contributed by atoms with van der Waals surface area (Å²) in [6, 6.07) is 34.1. The number of carbonyl (C=O) groups excluding carboxylic acids is 1. The summed E-state index contributed by atoms with van der Waals surface area (Å²) < 4.78 is 6.63. The highest BCUT2D eigenvalue weighted by Crippen LogP contribution is 2.53. The van der Waals surface area contributed by atoms with Crippen LogP contribution >= 0.6 is 46.4 Å². The number of hydrogen-bond acceptors (Lipinski definition) is 4. The largest absolute Gasteiger partial charge is 0.442 e. The summed E-state index contributed by atoms with van der Waals surface area (Å²) in [5.41, 5.74) is 9.06. The van der Waals surface area contributed by atoms with Crippen LogP contribution in [0.1, 0.15) is 87.8 Å². The van der Waals surface area contributed by atoms with Crippen LogP contribution in [0.25, 0.3) is 11.1 Å². The molecule has 3 aliphatic rings. The quantitative estimate of drug-likeness (QED) is 0.0887. The highest BCUT2D eigenvalue weighted by Gasteiger charge is 2.48. The number of cyclic esters (lactones) is 1. The molecule has 0 unspecified atom stereocenters. The third kappa shape index (κ3) is 7.62. The van der Waals surface area contributed by atoms with Crippen molar-refractivity contribution in [3.05, 3.63) is 174 Å². The minimum Gasteiger partial charge on any atom is -0.442 e. The molecule has 8 heteroatoms. The van der Waals surface area contributed by atoms with E-state index < -0.39 is 11.6 Å². The molecule has 286 valence electrons. The maximum atomic E-state index is 14.2. The summed E-state index contributed by atoms with van der Waals surface area (Å²) in [5, 5.41) is 0.195. The van der Waals surface area contributed by atoms with Crippen LogP contribution in [-0.2, 0) is 10.3 Å². The molecule has 2 saturated heterocycles. The Labute approximate surface area is 350 Å². The van der Waals surface area contributed by atoms with Crippen molar-refractivity contribution >= 4 is 74.9 Å². The van der Waals surface area contributed by atoms with Crippen molar-refractivity contribution in [2.45, 2.75) is 58.0 Å². The highest BCUT2D eigenvalue weighted by atomic mass is 35.5. The van der Waals surface area contributed by atoms with Gasteiger partial charge in [0.1, 0.15) is 0 Å². The van der Waals surface area contributed by atoms with E-state index in [1.54, 1.807) is 0 Å². The molecule has 0 aromatic heterocycles. The first-order valence-electron chi connectivity index (χ1n) is 19.5. The fourth-order valence-corrected chi connectivity index (χ4v) is 9.34. The molecule has 0 bridgehead atoms. The van der Waals surface area contributed by atoms with Crippen molar-refractivity contribution < 1.29 is 9.53 Å². The first-order valence-corrected chi connectivity index (χ1v) is 21.0. The summed E-state index contributed by atoms with van der Waals surface area (Å²) >= 11 is 27.5. The molecule has 0 aliphatic carbocycles. The number of esters is 1. The Balaban J connectivity index is 1.39. The minimum absolute atomic E-state index is 0.00952. The normalized spacial score (nSPS) is 17.2. The molecule has 8 rings (SSSR count). The van der Waals surface area contributed by atoms with Crippen LogP contribution in [0.15, 0.2) is 109 Å². The van der Waals surface area contributed by atoms with Gasteiger partial charge in [-0.2, -0.15) is 0 Å². The molecule has 0 atom stereocenters. The van der Waals surface area contributed by atoms with Crippen LogP contribution < -0.4 is 9.80 Å². The maximum absolute atomic E-state index is 14.2. The molecule has 2 fully saturated rings. The van der Waals surface area contributed by atoms with Gasteiger partial charge in [0.25, 0.3) is 0 Å². The molecule has 5 aromatic rings. The van der Waals surface area contributed by atoms with Crippen molar-refractivity contribution in [3.63, 3.8) is 0 Å². The van der Waals surface area contributed by atoms with Crippen molar-refractivity contribution in [2.75, 3.05) is 36.0 Å². The summed E-state index contributed by atoms with van der Waals surface area (Å²) in [5.74, 6) is -0.634. The molecule has 0 saturated carbocycles. The Morgan fingerprint density at radius 1 is 0.518 bits per heavy atom. The van der Waals surface area contributed by atoms with Crippen LogP contribution in [0.3, 0.4) is 0 Å². The number of nitrogens with zero attached hydrogens (tertiary/aromatic N) is 2. The minimum atomic E-state index is -1.56. The number of halogens is 4. The van der Waals surface area contributed by atoms with Gasteiger partial charge < -0.3 is 14.5 Å². The number of aryl methyl sites for hydroxylation is 2. The Morgan fingerprint density at radius 2 is 0.875 bits per heavy atom. The van der Waals surface area contributed by atoms with Crippen molar-refractivity contribution in [3.8, 4) is 0 Å². The van der Waals surface area contributed by atoms with E-state index in [-0.39, 0.29) is 25.7 Å². The number of ether oxygens (including phenoxy) is 1. The third-order valence-electron chi connectivity index (χ3n) is 11.4. The zero-order valence-electron chi connectivity index (χ0n) is 31.7. The number of rotatable bonds is 8. The lowest BCUT2D eigenvalue weighted by Crippen LogP contribution is -2.29. The van der Waals surface area contributed by atoms with E-state index in [0.717, 1.165) is 70.7 Å². The monoisotopic (exact) mass is 820 g/mol. The van der Waals surface area contributed by atoms with Gasteiger partial charge in [0.15, 0.2) is 5.60 Å². The second-order valence-corrected chi connectivity index (χ2v) is 16.7. The number of hydrogen-bond donors (Lipinski definition) is 0. The molecular weight excluding hydrogens is 778 g/mol. The third-order valence-corrected chi connectivity index (χ3v) is 13.2. The van der Waals surface area contributed by atoms with Gasteiger partial charge in [0.2, 0.25) is 0 Å². The molecule has 4 nitrogen and oxygen atoms in total. The van der Waals surface area contributed by atoms with Gasteiger partial charge >= 0.3 is 5.97 Å². The van der Waals surface area contributed by atoms with E-state index >= 15 is 0 Å². The molecule has 3 heterocycles. The standard InChI is InChI=1S/C48H44Cl4N2O2/c1-31-9-13-33(14-10-31)39(35-17-21-37(22-18-35)53-25-5-3-6-26-53)29-48(42-41(47(55)56-48)43(49)45(51)46(52)44(42)50)30-40(34-15-11-32(2)12-16-34)36-19-23-38(24-20-36)54-27-7-4-8-28-54/h9-24,29-30H,3-8,25-28H2,1-2H3/b39-29+,40-30+. The lowest BCUT2D eigenvalue weighted by molar-refractivity contribution is 0.0300. The second-order valence-electron chi connectivity index (χ2n) is 15.2. The highest BCUT2D eigenvalue weighted by molar-refractivity contribution is 6.53. The number of anilines is 2. The van der Waals surface area contributed by atoms with Crippen LogP contribution in [0.4, 0.5) is 11.4 Å². The van der Waals surface area contributed by atoms with E-state index in [2.05, 4.69) is 121 Å². The average Bonchev–Trinajstić information content (AvgIpc) is 3.53. The molecule has 0 amide bonds. The molecule has 0 radical (unpaired) electrons. The Kier molecular flexibility index (Phi) is 11.3. The van der Waals surface area contributed by atoms with E-state index in [0.29, 0.717) is 5.56 Å². The molecular formula is C48H44Cl4N2O2. The van der Waals surface area contributed by atoms with Gasteiger partial charge in [-0.3, -0.25) is 0 Å². The van der Waals surface area contributed by atoms with E-state index in [1.807, 2.05) is 12.2 Å². The summed E-state index contributed by atoms with van der Waals surface area (Å²) in [6.07, 6.45) is 11.3. The van der Waals surface area contributed by atoms with Crippen LogP contribution in [0, 0.1) is 13.8 Å². The van der Waals surface area contributed by atoms with Crippen molar-refractivity contribution in [1.29, 1.82) is 0 Å². The van der Waals surface area contributed by atoms with E-state index in [4.69, 9.17) is 51.1 Å². The lowest BCUT2D eigenvalue weighted by atomic mass is 9.82. The van der Waals surface area contributed by atoms with Crippen molar-refractivity contribution in [1.82, 2.24) is 0 Å². The zero-order valence-corrected chi connectivity index (χ0v) is 34.7. The lowest BCUT2D eigenvalue weighted by Gasteiger charge is -2.30. The molecule has 0 N–H and O–H groups in total.